The summed E-state index contributed by atoms with van der Waals surface area (Å²) in [6.07, 6.45) is 6.25. The Morgan fingerprint density at radius 2 is 2.00 bits per heavy atom. The molecule has 0 radical (unpaired) electrons. The zero-order valence-electron chi connectivity index (χ0n) is 2.15. The molecule has 1 heterocycles. The highest BCUT2D eigenvalue weighted by molar-refractivity contribution is 5.62. The molecule has 0 fully saturated rings. The van der Waals surface area contributed by atoms with E-state index in [-0.39, 0.29) is 0 Å². The average Bonchev–Trinajstić information content (AvgIpc) is 0.722. The van der Waals surface area contributed by atoms with Gasteiger partial charge in [-0.1, -0.05) is 0 Å². The van der Waals surface area contributed by atoms with E-state index in [4.69, 9.17) is 0 Å². The normalized spacial score (nSPS) is 16.0. The molecule has 1 aliphatic heterocycles. The average molecular weight is 53.1 g/mol. The summed E-state index contributed by atoms with van der Waals surface area (Å²) < 4.78 is 0. The zero-order valence-corrected chi connectivity index (χ0v) is 2.15. The van der Waals surface area contributed by atoms with Gasteiger partial charge in [0, 0.05) is 0 Å². The quantitative estimate of drug-likeness (QED) is 0.322. The number of allylic oxidation sites excluding steroid dienone is 1. The van der Waals surface area contributed by atoms with Crippen molar-refractivity contribution < 1.29 is 4.99 Å². The Hall–Kier alpha value is -0.590. The van der Waals surface area contributed by atoms with E-state index in [0.717, 1.165) is 0 Å². The third kappa shape index (κ3) is 0.0204. The molecule has 0 aromatic heterocycles. The molecule has 0 aromatic carbocycles. The van der Waals surface area contributed by atoms with Crippen LogP contribution in [0.25, 0.3) is 0 Å². The standard InChI is InChI=1S/C3H2N/c1-2-4-3-1/h2-3H/q-1/p+1. The number of rotatable bonds is 0. The molecule has 0 aromatic rings. The van der Waals surface area contributed by atoms with Gasteiger partial charge in [0.2, 0.25) is 0 Å². The Labute approximate surface area is 24.7 Å². The summed E-state index contributed by atoms with van der Waals surface area (Å²) in [5.74, 6) is 0. The summed E-state index contributed by atoms with van der Waals surface area (Å²) >= 11 is 0. The van der Waals surface area contributed by atoms with E-state index in [1.165, 1.54) is 0 Å². The molecular weight excluding hydrogens is 50.0 g/mol. The second-order valence-corrected chi connectivity index (χ2v) is 0.622. The molecule has 4 heavy (non-hydrogen) atoms. The van der Waals surface area contributed by atoms with Crippen molar-refractivity contribution in [3.05, 3.63) is 12.3 Å². The van der Waals surface area contributed by atoms with E-state index in [1.807, 2.05) is 0 Å². The molecule has 0 atom stereocenters. The monoisotopic (exact) mass is 53.0 g/mol. The Morgan fingerprint density at radius 3 is 2.00 bits per heavy atom. The van der Waals surface area contributed by atoms with Crippen LogP contribution in [0.15, 0.2) is 6.20 Å². The maximum atomic E-state index is 2.75. The van der Waals surface area contributed by atoms with Crippen molar-refractivity contribution in [1.82, 2.24) is 0 Å². The van der Waals surface area contributed by atoms with Gasteiger partial charge in [-0.15, -0.1) is 0 Å². The lowest BCUT2D eigenvalue weighted by atomic mass is 10.6. The van der Waals surface area contributed by atoms with Gasteiger partial charge in [-0.05, 0) is 12.4 Å². The largest absolute Gasteiger partial charge is 0.337 e. The van der Waals surface area contributed by atoms with E-state index in [1.54, 1.807) is 12.4 Å². The van der Waals surface area contributed by atoms with Crippen LogP contribution in [-0.2, 0) is 0 Å². The maximum Gasteiger partial charge on any atom is -0.00800 e. The first-order chi connectivity index (χ1) is 2.00. The number of nitrogens with one attached hydrogen (secondary N) is 1. The van der Waals surface area contributed by atoms with E-state index in [0.29, 0.717) is 0 Å². The number of hydrogen-bond donors (Lipinski definition) is 1. The molecule has 20 valence electrons. The van der Waals surface area contributed by atoms with Crippen LogP contribution < -0.4 is 4.99 Å². The van der Waals surface area contributed by atoms with Crippen LogP contribution in [0.5, 0.6) is 0 Å². The summed E-state index contributed by atoms with van der Waals surface area (Å²) in [5.41, 5.74) is 0. The minimum atomic E-state index is 1.75. The van der Waals surface area contributed by atoms with Crippen molar-refractivity contribution in [2.24, 2.45) is 0 Å². The molecule has 1 nitrogen and oxygen atoms in total. The predicted octanol–water partition coefficient (Wildman–Crippen LogP) is -1.53. The highest BCUT2D eigenvalue weighted by atomic mass is 14.7. The maximum absolute atomic E-state index is 2.75. The smallest absolute Gasteiger partial charge is 0.00800 e. The van der Waals surface area contributed by atoms with Gasteiger partial charge in [-0.2, -0.15) is 0 Å². The third-order valence-corrected chi connectivity index (χ3v) is 0.333. The van der Waals surface area contributed by atoms with Crippen LogP contribution >= 0.6 is 0 Å². The van der Waals surface area contributed by atoms with Gasteiger partial charge in [0.05, 0.1) is 0 Å². The number of hydrogen-bond acceptors (Lipinski definition) is 0. The summed E-state index contributed by atoms with van der Waals surface area (Å²) in [4.78, 5) is 2.75. The molecular formula is C3H3N. The van der Waals surface area contributed by atoms with Gasteiger partial charge in [0.25, 0.3) is 0 Å². The van der Waals surface area contributed by atoms with Gasteiger partial charge in [-0.25, -0.2) is 0 Å². The third-order valence-electron chi connectivity index (χ3n) is 0.333. The topological polar surface area (TPSA) is 14.0 Å². The Kier molecular flexibility index (Phi) is 0.175. The molecule has 1 N–H and O–H groups in total. The van der Waals surface area contributed by atoms with Crippen molar-refractivity contribution in [1.29, 1.82) is 0 Å². The van der Waals surface area contributed by atoms with Gasteiger partial charge in [0.1, 0.15) is 0 Å². The molecule has 0 unspecified atom stereocenters. The van der Waals surface area contributed by atoms with Crippen molar-refractivity contribution >= 4 is 6.21 Å². The van der Waals surface area contributed by atoms with Crippen molar-refractivity contribution in [2.45, 2.75) is 0 Å². The lowest BCUT2D eigenvalue weighted by molar-refractivity contribution is -0.379. The highest BCUT2D eigenvalue weighted by Crippen LogP contribution is 1.45. The van der Waals surface area contributed by atoms with Gasteiger partial charge >= 0.3 is 0 Å². The molecule has 0 saturated heterocycles. The minimum absolute atomic E-state index is 1.75. The Morgan fingerprint density at radius 1 is 1.75 bits per heavy atom. The van der Waals surface area contributed by atoms with E-state index in [2.05, 4.69) is 11.1 Å². The molecule has 1 aliphatic rings. The van der Waals surface area contributed by atoms with Crippen LogP contribution in [-0.4, -0.2) is 6.21 Å². The SMILES string of the molecule is [C-]1=C[NH+]=C1. The van der Waals surface area contributed by atoms with Gasteiger partial charge < -0.3 is 6.08 Å². The fraction of sp³-hybridized carbons (Fsp3) is 0. The molecule has 0 bridgehead atoms. The summed E-state index contributed by atoms with van der Waals surface area (Å²) in [6.45, 7) is 0. The summed E-state index contributed by atoms with van der Waals surface area (Å²) in [6, 6.07) is 0. The predicted molar refractivity (Wildman–Crippen MR) is 14.8 cm³/mol. The summed E-state index contributed by atoms with van der Waals surface area (Å²) in [7, 11) is 0. The lowest BCUT2D eigenvalue weighted by Crippen LogP contribution is -2.66. The van der Waals surface area contributed by atoms with Gasteiger partial charge in [0.15, 0.2) is 0 Å². The van der Waals surface area contributed by atoms with Crippen molar-refractivity contribution in [3.8, 4) is 0 Å². The molecule has 1 rings (SSSR count). The van der Waals surface area contributed by atoms with Crippen LogP contribution in [0.4, 0.5) is 0 Å². The molecule has 0 spiro atoms. The van der Waals surface area contributed by atoms with Crippen molar-refractivity contribution in [3.63, 3.8) is 0 Å². The first-order valence-corrected chi connectivity index (χ1v) is 1.15. The van der Waals surface area contributed by atoms with E-state index < -0.39 is 0 Å². The second-order valence-electron chi connectivity index (χ2n) is 0.622. The fourth-order valence-corrected chi connectivity index (χ4v) is 0.0833. The van der Waals surface area contributed by atoms with Crippen LogP contribution in [0.2, 0.25) is 0 Å². The van der Waals surface area contributed by atoms with Crippen LogP contribution in [0, 0.1) is 6.08 Å². The summed E-state index contributed by atoms with van der Waals surface area (Å²) in [5, 5.41) is 0. The van der Waals surface area contributed by atoms with E-state index >= 15 is 0 Å². The molecule has 0 aliphatic carbocycles. The second kappa shape index (κ2) is 0.412. The fourth-order valence-electron chi connectivity index (χ4n) is 0.0833. The van der Waals surface area contributed by atoms with Crippen LogP contribution in [0.1, 0.15) is 0 Å². The molecule has 0 amide bonds. The Bertz CT molecular complexity index is 43.7. The van der Waals surface area contributed by atoms with Gasteiger partial charge in [-0.3, -0.25) is 4.99 Å². The first-order valence-electron chi connectivity index (χ1n) is 1.15. The Balaban J connectivity index is 2.67. The first kappa shape index (κ1) is 1.70. The van der Waals surface area contributed by atoms with Crippen LogP contribution in [0.3, 0.4) is 0 Å². The molecule has 1 heteroatoms. The molecule has 0 saturated carbocycles. The lowest BCUT2D eigenvalue weighted by Gasteiger charge is -1.87. The zero-order chi connectivity index (χ0) is 2.83. The van der Waals surface area contributed by atoms with Crippen molar-refractivity contribution in [2.75, 3.05) is 0 Å². The minimum Gasteiger partial charge on any atom is -0.337 e. The highest BCUT2D eigenvalue weighted by Gasteiger charge is 1.56. The van der Waals surface area contributed by atoms with E-state index in [9.17, 15) is 0 Å².